The lowest BCUT2D eigenvalue weighted by Gasteiger charge is -2.24. The molecule has 2 atom stereocenters. The van der Waals surface area contributed by atoms with E-state index in [2.05, 4.69) is 4.90 Å². The molecule has 1 aromatic rings. The molecule has 9 heteroatoms. The Morgan fingerprint density at radius 2 is 2.04 bits per heavy atom. The first kappa shape index (κ1) is 22.0. The molecule has 6 nitrogen and oxygen atoms in total. The van der Waals surface area contributed by atoms with Crippen LogP contribution in [0.3, 0.4) is 0 Å². The van der Waals surface area contributed by atoms with E-state index in [1.165, 1.54) is 0 Å². The fraction of sp³-hybridized carbons (Fsp3) is 0.500. The van der Waals surface area contributed by atoms with Gasteiger partial charge < -0.3 is 20.9 Å². The van der Waals surface area contributed by atoms with E-state index in [1.54, 1.807) is 0 Å². The van der Waals surface area contributed by atoms with Crippen LogP contribution in [-0.4, -0.2) is 45.7 Å². The quantitative estimate of drug-likeness (QED) is 0.447. The predicted molar refractivity (Wildman–Crippen MR) is 94.9 cm³/mol. The molecule has 1 fully saturated rings. The Labute approximate surface area is 148 Å². The van der Waals surface area contributed by atoms with Crippen LogP contribution in [0.2, 0.25) is 6.32 Å². The summed E-state index contributed by atoms with van der Waals surface area (Å²) < 4.78 is 0. The number of carbonyl (C=O) groups is 1. The van der Waals surface area contributed by atoms with Gasteiger partial charge in [-0.2, -0.15) is 0 Å². The van der Waals surface area contributed by atoms with E-state index >= 15 is 0 Å². The average Bonchev–Trinajstić information content (AvgIpc) is 2.80. The largest absolute Gasteiger partial charge is 0.481 e. The summed E-state index contributed by atoms with van der Waals surface area (Å²) in [5, 5.41) is 27.2. The Balaban J connectivity index is 0.00000242. The van der Waals surface area contributed by atoms with E-state index in [0.717, 1.165) is 5.56 Å². The van der Waals surface area contributed by atoms with E-state index in [0.29, 0.717) is 31.6 Å². The molecular formula is C14H23BCl2N2O4. The van der Waals surface area contributed by atoms with Gasteiger partial charge >= 0.3 is 13.1 Å². The third kappa shape index (κ3) is 6.57. The lowest BCUT2D eigenvalue weighted by molar-refractivity contribution is -0.141. The highest BCUT2D eigenvalue weighted by molar-refractivity contribution is 6.40. The van der Waals surface area contributed by atoms with Gasteiger partial charge in [0.25, 0.3) is 0 Å². The molecule has 0 aliphatic carbocycles. The molecule has 130 valence electrons. The first-order valence-electron chi connectivity index (χ1n) is 7.13. The molecule has 1 aliphatic rings. The molecular weight excluding hydrogens is 342 g/mol. The topological polar surface area (TPSA) is 107 Å². The number of carboxylic acids is 1. The smallest absolute Gasteiger partial charge is 0.451 e. The number of nitrogens with zero attached hydrogens (tertiary/aromatic N) is 1. The van der Waals surface area contributed by atoms with Gasteiger partial charge in [-0.3, -0.25) is 9.69 Å². The minimum absolute atomic E-state index is 0. The number of likely N-dealkylation sites (tertiary alicyclic amines) is 1. The highest BCUT2D eigenvalue weighted by Gasteiger charge is 2.36. The third-order valence-corrected chi connectivity index (χ3v) is 3.97. The molecule has 0 amide bonds. The second-order valence-electron chi connectivity index (χ2n) is 5.66. The minimum atomic E-state index is -1.34. The monoisotopic (exact) mass is 364 g/mol. The summed E-state index contributed by atoms with van der Waals surface area (Å²) in [5.41, 5.74) is 7.48. The first-order chi connectivity index (χ1) is 9.95. The van der Waals surface area contributed by atoms with Crippen LogP contribution in [0.4, 0.5) is 5.69 Å². The fourth-order valence-electron chi connectivity index (χ4n) is 2.92. The van der Waals surface area contributed by atoms with Crippen LogP contribution in [-0.2, 0) is 11.3 Å². The highest BCUT2D eigenvalue weighted by atomic mass is 35.5. The van der Waals surface area contributed by atoms with Crippen molar-refractivity contribution in [3.05, 3.63) is 29.8 Å². The van der Waals surface area contributed by atoms with E-state index in [-0.39, 0.29) is 37.2 Å². The lowest BCUT2D eigenvalue weighted by atomic mass is 9.82. The Hall–Kier alpha value is -0.985. The number of anilines is 1. The number of carboxylic acid groups (broad SMARTS) is 1. The van der Waals surface area contributed by atoms with Crippen molar-refractivity contribution in [1.82, 2.24) is 4.90 Å². The van der Waals surface area contributed by atoms with Gasteiger partial charge in [-0.1, -0.05) is 12.1 Å². The average molecular weight is 365 g/mol. The van der Waals surface area contributed by atoms with Crippen molar-refractivity contribution >= 4 is 43.6 Å². The standard InChI is InChI=1S/C14H21BN2O4.2ClH/c16-12-3-1-2-10(6-12)8-17-9-11(14(18)19)7-13(17)4-5-15(20)21;;/h1-3,6,11,13,20-21H,4-5,7-9,16H2,(H,18,19);2*1H. The zero-order chi connectivity index (χ0) is 15.4. The van der Waals surface area contributed by atoms with Gasteiger partial charge in [0.15, 0.2) is 0 Å². The SMILES string of the molecule is Cl.Cl.Nc1cccc(CN2CC(C(=O)O)CC2CCB(O)O)c1. The summed E-state index contributed by atoms with van der Waals surface area (Å²) in [6.07, 6.45) is 1.37. The minimum Gasteiger partial charge on any atom is -0.481 e. The van der Waals surface area contributed by atoms with Crippen molar-refractivity contribution in [3.8, 4) is 0 Å². The number of hydrogen-bond donors (Lipinski definition) is 4. The number of nitrogen functional groups attached to an aromatic ring is 1. The third-order valence-electron chi connectivity index (χ3n) is 3.97. The van der Waals surface area contributed by atoms with Gasteiger partial charge in [0.2, 0.25) is 0 Å². The maximum absolute atomic E-state index is 11.2. The second-order valence-corrected chi connectivity index (χ2v) is 5.66. The van der Waals surface area contributed by atoms with Crippen molar-refractivity contribution < 1.29 is 19.9 Å². The maximum atomic E-state index is 11.2. The van der Waals surface area contributed by atoms with Crippen LogP contribution in [0.15, 0.2) is 24.3 Å². The first-order valence-corrected chi connectivity index (χ1v) is 7.13. The van der Waals surface area contributed by atoms with Crippen LogP contribution in [0, 0.1) is 5.92 Å². The number of nitrogens with two attached hydrogens (primary N) is 1. The van der Waals surface area contributed by atoms with E-state index in [9.17, 15) is 9.90 Å². The predicted octanol–water partition coefficient (Wildman–Crippen LogP) is 1.25. The summed E-state index contributed by atoms with van der Waals surface area (Å²) >= 11 is 0. The molecule has 1 heterocycles. The van der Waals surface area contributed by atoms with E-state index in [4.69, 9.17) is 15.8 Å². The summed E-state index contributed by atoms with van der Waals surface area (Å²) in [4.78, 5) is 13.3. The molecule has 0 radical (unpaired) electrons. The number of halogens is 2. The van der Waals surface area contributed by atoms with Crippen LogP contribution < -0.4 is 5.73 Å². The number of benzene rings is 1. The van der Waals surface area contributed by atoms with Crippen LogP contribution in [0.5, 0.6) is 0 Å². The maximum Gasteiger partial charge on any atom is 0.451 e. The van der Waals surface area contributed by atoms with Crippen LogP contribution in [0.1, 0.15) is 18.4 Å². The second kappa shape index (κ2) is 10.00. The van der Waals surface area contributed by atoms with E-state index in [1.807, 2.05) is 24.3 Å². The molecule has 5 N–H and O–H groups in total. The zero-order valence-electron chi connectivity index (χ0n) is 12.7. The van der Waals surface area contributed by atoms with Gasteiger partial charge in [-0.25, -0.2) is 0 Å². The Bertz CT molecular complexity index is 507. The van der Waals surface area contributed by atoms with Crippen molar-refractivity contribution in [2.24, 2.45) is 5.92 Å². The molecule has 2 unspecified atom stereocenters. The fourth-order valence-corrected chi connectivity index (χ4v) is 2.92. The molecule has 1 saturated heterocycles. The number of aliphatic carboxylic acids is 1. The number of hydrogen-bond acceptors (Lipinski definition) is 5. The molecule has 2 rings (SSSR count). The summed E-state index contributed by atoms with van der Waals surface area (Å²) in [7, 11) is -1.34. The summed E-state index contributed by atoms with van der Waals surface area (Å²) in [6, 6.07) is 7.58. The zero-order valence-corrected chi connectivity index (χ0v) is 14.3. The molecule has 1 aromatic carbocycles. The van der Waals surface area contributed by atoms with Crippen LogP contribution in [0.25, 0.3) is 0 Å². The molecule has 23 heavy (non-hydrogen) atoms. The van der Waals surface area contributed by atoms with Crippen LogP contribution >= 0.6 is 24.8 Å². The molecule has 0 spiro atoms. The normalized spacial score (nSPS) is 20.4. The highest BCUT2D eigenvalue weighted by Crippen LogP contribution is 2.29. The van der Waals surface area contributed by atoms with Gasteiger partial charge in [0, 0.05) is 24.8 Å². The Morgan fingerprint density at radius 3 is 2.61 bits per heavy atom. The molecule has 0 saturated carbocycles. The van der Waals surface area contributed by atoms with Crippen molar-refractivity contribution in [2.45, 2.75) is 31.7 Å². The molecule has 0 aromatic heterocycles. The van der Waals surface area contributed by atoms with Gasteiger partial charge in [-0.05, 0) is 36.9 Å². The van der Waals surface area contributed by atoms with Gasteiger partial charge in [0.1, 0.15) is 0 Å². The van der Waals surface area contributed by atoms with E-state index < -0.39 is 19.0 Å². The summed E-state index contributed by atoms with van der Waals surface area (Å²) in [6.45, 7) is 1.11. The Kier molecular flexibility index (Phi) is 9.57. The van der Waals surface area contributed by atoms with Gasteiger partial charge in [-0.15, -0.1) is 24.8 Å². The van der Waals surface area contributed by atoms with Gasteiger partial charge in [0.05, 0.1) is 5.92 Å². The molecule has 1 aliphatic heterocycles. The lowest BCUT2D eigenvalue weighted by Crippen LogP contribution is -2.30. The number of rotatable bonds is 6. The summed E-state index contributed by atoms with van der Waals surface area (Å²) in [5.74, 6) is -1.19. The van der Waals surface area contributed by atoms with Crippen molar-refractivity contribution in [1.29, 1.82) is 0 Å². The van der Waals surface area contributed by atoms with Crippen molar-refractivity contribution in [3.63, 3.8) is 0 Å². The molecule has 0 bridgehead atoms. The van der Waals surface area contributed by atoms with Crippen molar-refractivity contribution in [2.75, 3.05) is 12.3 Å². The Morgan fingerprint density at radius 1 is 1.35 bits per heavy atom.